The van der Waals surface area contributed by atoms with Gasteiger partial charge in [-0.3, -0.25) is 14.9 Å². The minimum absolute atomic E-state index is 0.101. The molecule has 0 aromatic heterocycles. The van der Waals surface area contributed by atoms with Crippen LogP contribution in [0, 0.1) is 17.0 Å². The van der Waals surface area contributed by atoms with Gasteiger partial charge in [-0.2, -0.15) is 0 Å². The third-order valence-electron chi connectivity index (χ3n) is 3.77. The number of thioether (sulfide) groups is 1. The molecule has 1 amide bonds. The number of methoxy groups -OCH3 is 1. The molecule has 0 heterocycles. The Morgan fingerprint density at radius 2 is 2.04 bits per heavy atom. The first-order valence-electron chi connectivity index (χ1n) is 7.71. The number of anilines is 1. The normalized spacial score (nSPS) is 11.6. The predicted molar refractivity (Wildman–Crippen MR) is 100 cm³/mol. The number of carbonyl (C=O) groups excluding carboxylic acids is 1. The third kappa shape index (κ3) is 4.96. The van der Waals surface area contributed by atoms with Crippen molar-refractivity contribution in [1.82, 2.24) is 0 Å². The Balaban J connectivity index is 2.04. The number of rotatable bonds is 7. The largest absolute Gasteiger partial charge is 0.495 e. The molecule has 0 aliphatic carbocycles. The van der Waals surface area contributed by atoms with Gasteiger partial charge in [-0.05, 0) is 31.0 Å². The second-order valence-electron chi connectivity index (χ2n) is 5.51. The van der Waals surface area contributed by atoms with E-state index in [0.29, 0.717) is 17.2 Å². The number of aryl methyl sites for hydroxylation is 1. The Morgan fingerprint density at radius 3 is 2.68 bits per heavy atom. The lowest BCUT2D eigenvalue weighted by atomic mass is 10.1. The molecule has 0 saturated carbocycles. The van der Waals surface area contributed by atoms with Crippen molar-refractivity contribution >= 4 is 29.0 Å². The Hall–Kier alpha value is -2.54. The number of nitrogens with zero attached hydrogens (tertiary/aromatic N) is 1. The maximum Gasteiger partial charge on any atom is 0.271 e. The summed E-state index contributed by atoms with van der Waals surface area (Å²) in [7, 11) is 1.45. The van der Waals surface area contributed by atoms with Gasteiger partial charge in [0.2, 0.25) is 5.91 Å². The summed E-state index contributed by atoms with van der Waals surface area (Å²) in [5.74, 6) is 0.875. The summed E-state index contributed by atoms with van der Waals surface area (Å²) in [6.45, 7) is 3.84. The number of nitro benzene ring substituents is 1. The van der Waals surface area contributed by atoms with Crippen molar-refractivity contribution in [3.8, 4) is 5.75 Å². The fraction of sp³-hybridized carbons (Fsp3) is 0.278. The Morgan fingerprint density at radius 1 is 1.32 bits per heavy atom. The van der Waals surface area contributed by atoms with Crippen molar-refractivity contribution in [1.29, 1.82) is 0 Å². The van der Waals surface area contributed by atoms with Gasteiger partial charge in [0, 0.05) is 17.9 Å². The van der Waals surface area contributed by atoms with E-state index in [9.17, 15) is 14.9 Å². The number of benzene rings is 2. The van der Waals surface area contributed by atoms with Crippen LogP contribution in [-0.2, 0) is 10.5 Å². The highest BCUT2D eigenvalue weighted by atomic mass is 32.2. The van der Waals surface area contributed by atoms with Gasteiger partial charge in [0.15, 0.2) is 0 Å². The number of nitrogens with one attached hydrogen (secondary N) is 1. The highest BCUT2D eigenvalue weighted by Crippen LogP contribution is 2.30. The molecule has 2 aromatic rings. The van der Waals surface area contributed by atoms with Crippen molar-refractivity contribution < 1.29 is 14.5 Å². The molecular weight excluding hydrogens is 340 g/mol. The van der Waals surface area contributed by atoms with E-state index in [1.807, 2.05) is 38.1 Å². The quantitative estimate of drug-likeness (QED) is 0.592. The van der Waals surface area contributed by atoms with Crippen LogP contribution in [0.25, 0.3) is 0 Å². The lowest BCUT2D eigenvalue weighted by Crippen LogP contribution is -2.23. The monoisotopic (exact) mass is 360 g/mol. The number of amides is 1. The van der Waals surface area contributed by atoms with Gasteiger partial charge in [0.05, 0.1) is 23.0 Å². The van der Waals surface area contributed by atoms with E-state index in [2.05, 4.69) is 5.32 Å². The standard InChI is InChI=1S/C18H20N2O4S/c1-12-6-4-5-7-14(12)11-25-13(2)18(21)19-16-10-15(20(22)23)8-9-17(16)24-3/h4-10,13H,11H2,1-3H3,(H,19,21). The van der Waals surface area contributed by atoms with Gasteiger partial charge in [0.25, 0.3) is 5.69 Å². The number of hydrogen-bond donors (Lipinski definition) is 1. The van der Waals surface area contributed by atoms with E-state index in [1.165, 1.54) is 48.2 Å². The third-order valence-corrected chi connectivity index (χ3v) is 4.96. The van der Waals surface area contributed by atoms with Gasteiger partial charge in [0.1, 0.15) is 5.75 Å². The number of hydrogen-bond acceptors (Lipinski definition) is 5. The predicted octanol–water partition coefficient (Wildman–Crippen LogP) is 4.17. The molecule has 0 aliphatic rings. The van der Waals surface area contributed by atoms with Crippen LogP contribution in [0.1, 0.15) is 18.1 Å². The molecule has 1 N–H and O–H groups in total. The summed E-state index contributed by atoms with van der Waals surface area (Å²) < 4.78 is 5.16. The van der Waals surface area contributed by atoms with Crippen molar-refractivity contribution in [2.75, 3.05) is 12.4 Å². The lowest BCUT2D eigenvalue weighted by molar-refractivity contribution is -0.384. The fourth-order valence-corrected chi connectivity index (χ4v) is 3.17. The molecule has 1 unspecified atom stereocenters. The summed E-state index contributed by atoms with van der Waals surface area (Å²) in [6.07, 6.45) is 0. The second-order valence-corrected chi connectivity index (χ2v) is 6.84. The molecule has 0 aliphatic heterocycles. The summed E-state index contributed by atoms with van der Waals surface area (Å²) in [6, 6.07) is 12.1. The molecule has 0 fully saturated rings. The van der Waals surface area contributed by atoms with Crippen LogP contribution >= 0.6 is 11.8 Å². The van der Waals surface area contributed by atoms with E-state index in [4.69, 9.17) is 4.74 Å². The van der Waals surface area contributed by atoms with E-state index in [1.54, 1.807) is 0 Å². The number of non-ortho nitro benzene ring substituents is 1. The Bertz CT molecular complexity index is 779. The molecule has 0 spiro atoms. The maximum atomic E-state index is 12.4. The highest BCUT2D eigenvalue weighted by molar-refractivity contribution is 7.99. The number of nitro groups is 1. The number of ether oxygens (including phenoxy) is 1. The summed E-state index contributed by atoms with van der Waals surface area (Å²) in [5.41, 5.74) is 2.56. The molecule has 7 heteroatoms. The van der Waals surface area contributed by atoms with Crippen LogP contribution < -0.4 is 10.1 Å². The zero-order chi connectivity index (χ0) is 18.4. The molecule has 0 radical (unpaired) electrons. The van der Waals surface area contributed by atoms with Crippen molar-refractivity contribution in [2.45, 2.75) is 24.9 Å². The van der Waals surface area contributed by atoms with Crippen molar-refractivity contribution in [3.05, 3.63) is 63.7 Å². The van der Waals surface area contributed by atoms with Crippen LogP contribution in [0.4, 0.5) is 11.4 Å². The van der Waals surface area contributed by atoms with Gasteiger partial charge in [-0.1, -0.05) is 24.3 Å². The molecule has 2 rings (SSSR count). The van der Waals surface area contributed by atoms with Crippen molar-refractivity contribution in [2.24, 2.45) is 0 Å². The minimum Gasteiger partial charge on any atom is -0.495 e. The van der Waals surface area contributed by atoms with Crippen LogP contribution in [-0.4, -0.2) is 23.2 Å². The Labute approximate surface area is 150 Å². The minimum atomic E-state index is -0.508. The van der Waals surface area contributed by atoms with E-state index in [-0.39, 0.29) is 16.8 Å². The molecule has 1 atom stereocenters. The second kappa shape index (κ2) is 8.53. The molecule has 0 saturated heterocycles. The van der Waals surface area contributed by atoms with E-state index < -0.39 is 4.92 Å². The van der Waals surface area contributed by atoms with Crippen LogP contribution in [0.2, 0.25) is 0 Å². The van der Waals surface area contributed by atoms with Crippen LogP contribution in [0.3, 0.4) is 0 Å². The zero-order valence-electron chi connectivity index (χ0n) is 14.3. The molecule has 6 nitrogen and oxygen atoms in total. The first-order chi connectivity index (χ1) is 11.9. The van der Waals surface area contributed by atoms with Crippen molar-refractivity contribution in [3.63, 3.8) is 0 Å². The topological polar surface area (TPSA) is 81.5 Å². The zero-order valence-corrected chi connectivity index (χ0v) is 15.1. The highest BCUT2D eigenvalue weighted by Gasteiger charge is 2.18. The Kier molecular flexibility index (Phi) is 6.41. The van der Waals surface area contributed by atoms with Gasteiger partial charge < -0.3 is 10.1 Å². The van der Waals surface area contributed by atoms with Gasteiger partial charge >= 0.3 is 0 Å². The smallest absolute Gasteiger partial charge is 0.271 e. The molecule has 25 heavy (non-hydrogen) atoms. The maximum absolute atomic E-state index is 12.4. The van der Waals surface area contributed by atoms with Crippen LogP contribution in [0.5, 0.6) is 5.75 Å². The SMILES string of the molecule is COc1ccc([N+](=O)[O-])cc1NC(=O)C(C)SCc1ccccc1C. The fourth-order valence-electron chi connectivity index (χ4n) is 2.20. The lowest BCUT2D eigenvalue weighted by Gasteiger charge is -2.14. The molecule has 132 valence electrons. The van der Waals surface area contributed by atoms with E-state index >= 15 is 0 Å². The average molecular weight is 360 g/mol. The van der Waals surface area contributed by atoms with Crippen LogP contribution in [0.15, 0.2) is 42.5 Å². The van der Waals surface area contributed by atoms with Gasteiger partial charge in [-0.25, -0.2) is 0 Å². The van der Waals surface area contributed by atoms with E-state index in [0.717, 1.165) is 0 Å². The molecular formula is C18H20N2O4S. The number of carbonyl (C=O) groups is 1. The molecule has 2 aromatic carbocycles. The first kappa shape index (κ1) is 18.8. The summed E-state index contributed by atoms with van der Waals surface area (Å²) >= 11 is 1.51. The average Bonchev–Trinajstić information content (AvgIpc) is 2.60. The first-order valence-corrected chi connectivity index (χ1v) is 8.76. The summed E-state index contributed by atoms with van der Waals surface area (Å²) in [4.78, 5) is 22.8. The van der Waals surface area contributed by atoms with Gasteiger partial charge in [-0.15, -0.1) is 11.8 Å². The summed E-state index contributed by atoms with van der Waals surface area (Å²) in [5, 5.41) is 13.3. The molecule has 0 bridgehead atoms.